The van der Waals surface area contributed by atoms with Crippen molar-refractivity contribution in [1.29, 1.82) is 0 Å². The highest BCUT2D eigenvalue weighted by atomic mass is 127. The number of nitrogens with zero attached hydrogens (tertiary/aromatic N) is 4. The second kappa shape index (κ2) is 13.4. The van der Waals surface area contributed by atoms with E-state index in [1.165, 1.54) is 0 Å². The Balaban J connectivity index is 0.00000420. The first-order valence-corrected chi connectivity index (χ1v) is 10.2. The van der Waals surface area contributed by atoms with Crippen molar-refractivity contribution in [1.82, 2.24) is 25.4 Å². The van der Waals surface area contributed by atoms with Crippen LogP contribution in [0, 0.1) is 6.92 Å². The molecule has 162 valence electrons. The Kier molecular flexibility index (Phi) is 12.0. The van der Waals surface area contributed by atoms with Crippen molar-refractivity contribution in [3.8, 4) is 5.75 Å². The first-order chi connectivity index (χ1) is 13.4. The molecule has 2 rings (SSSR count). The zero-order valence-electron chi connectivity index (χ0n) is 16.6. The maximum atomic E-state index is 6.13. The van der Waals surface area contributed by atoms with Crippen LogP contribution in [0.25, 0.3) is 0 Å². The van der Waals surface area contributed by atoms with Gasteiger partial charge in [-0.25, -0.2) is 4.99 Å². The first-order valence-electron chi connectivity index (χ1n) is 9.06. The van der Waals surface area contributed by atoms with Gasteiger partial charge in [-0.2, -0.15) is 0 Å². The van der Waals surface area contributed by atoms with Gasteiger partial charge >= 0.3 is 0 Å². The average Bonchev–Trinajstić information content (AvgIpc) is 2.96. The Morgan fingerprint density at radius 2 is 1.79 bits per heavy atom. The van der Waals surface area contributed by atoms with Gasteiger partial charge in [-0.05, 0) is 25.5 Å². The van der Waals surface area contributed by atoms with E-state index in [1.807, 2.05) is 18.5 Å². The second-order valence-electron chi connectivity index (χ2n) is 6.14. The zero-order chi connectivity index (χ0) is 20.5. The number of halogens is 4. The van der Waals surface area contributed by atoms with Crippen LogP contribution < -0.4 is 15.4 Å². The molecule has 0 aliphatic carbocycles. The number of aromatic nitrogens is 3. The maximum Gasteiger partial charge on any atom is 0.191 e. The molecule has 0 fully saturated rings. The van der Waals surface area contributed by atoms with E-state index in [-0.39, 0.29) is 24.0 Å². The van der Waals surface area contributed by atoms with Gasteiger partial charge in [-0.3, -0.25) is 0 Å². The average molecular weight is 576 g/mol. The van der Waals surface area contributed by atoms with E-state index in [0.29, 0.717) is 46.5 Å². The maximum absolute atomic E-state index is 6.13. The number of benzene rings is 1. The summed E-state index contributed by atoms with van der Waals surface area (Å²) in [6, 6.07) is 3.19. The number of aliphatic imine (C=N–C) groups is 1. The van der Waals surface area contributed by atoms with Crippen molar-refractivity contribution in [2.24, 2.45) is 12.0 Å². The summed E-state index contributed by atoms with van der Waals surface area (Å²) in [6.07, 6.45) is 2.15. The Labute approximate surface area is 203 Å². The van der Waals surface area contributed by atoms with E-state index in [9.17, 15) is 0 Å². The van der Waals surface area contributed by atoms with Crippen molar-refractivity contribution in [2.75, 3.05) is 19.7 Å². The molecular formula is C18H26Cl3IN6O. The van der Waals surface area contributed by atoms with Crippen LogP contribution in [0.2, 0.25) is 15.1 Å². The lowest BCUT2D eigenvalue weighted by molar-refractivity contribution is 0.322. The van der Waals surface area contributed by atoms with Gasteiger partial charge in [-0.1, -0.05) is 48.1 Å². The summed E-state index contributed by atoms with van der Waals surface area (Å²) in [6.45, 7) is 6.18. The SMILES string of the molecule is CCCCNC(=NCc1nnc(C)n1C)NCCOc1c(Cl)cc(Cl)cc1Cl.I. The van der Waals surface area contributed by atoms with Crippen LogP contribution in [0.1, 0.15) is 31.4 Å². The third-order valence-electron chi connectivity index (χ3n) is 3.99. The van der Waals surface area contributed by atoms with Gasteiger partial charge in [0.05, 0.1) is 16.6 Å². The summed E-state index contributed by atoms with van der Waals surface area (Å²) in [5.74, 6) is 2.75. The lowest BCUT2D eigenvalue weighted by Gasteiger charge is -2.14. The van der Waals surface area contributed by atoms with Gasteiger partial charge < -0.3 is 19.9 Å². The molecule has 1 aromatic heterocycles. The smallest absolute Gasteiger partial charge is 0.191 e. The molecule has 0 spiro atoms. The Morgan fingerprint density at radius 1 is 1.14 bits per heavy atom. The van der Waals surface area contributed by atoms with E-state index >= 15 is 0 Å². The molecule has 7 nitrogen and oxygen atoms in total. The molecule has 0 unspecified atom stereocenters. The monoisotopic (exact) mass is 574 g/mol. The first kappa shape index (κ1) is 26.1. The molecule has 0 bridgehead atoms. The molecule has 1 aromatic carbocycles. The van der Waals surface area contributed by atoms with Crippen LogP contribution in [0.5, 0.6) is 5.75 Å². The summed E-state index contributed by atoms with van der Waals surface area (Å²) in [7, 11) is 1.92. The minimum atomic E-state index is 0. The molecular weight excluding hydrogens is 550 g/mol. The van der Waals surface area contributed by atoms with Gasteiger partial charge in [0.1, 0.15) is 19.0 Å². The number of hydrogen-bond acceptors (Lipinski definition) is 4. The van der Waals surface area contributed by atoms with Gasteiger partial charge in [-0.15, -0.1) is 34.2 Å². The predicted molar refractivity (Wildman–Crippen MR) is 130 cm³/mol. The predicted octanol–water partition coefficient (Wildman–Crippen LogP) is 4.62. The van der Waals surface area contributed by atoms with Gasteiger partial charge in [0.25, 0.3) is 0 Å². The Morgan fingerprint density at radius 3 is 2.38 bits per heavy atom. The summed E-state index contributed by atoms with van der Waals surface area (Å²) >= 11 is 18.2. The molecule has 0 aliphatic heterocycles. The van der Waals surface area contributed by atoms with Crippen molar-refractivity contribution in [3.05, 3.63) is 38.8 Å². The van der Waals surface area contributed by atoms with Crippen LogP contribution >= 0.6 is 58.8 Å². The fourth-order valence-electron chi connectivity index (χ4n) is 2.29. The van der Waals surface area contributed by atoms with Crippen molar-refractivity contribution < 1.29 is 4.74 Å². The van der Waals surface area contributed by atoms with Crippen LogP contribution in [-0.4, -0.2) is 40.4 Å². The number of nitrogens with one attached hydrogen (secondary N) is 2. The summed E-state index contributed by atoms with van der Waals surface area (Å²) in [5, 5.41) is 16.0. The molecule has 11 heteroatoms. The fraction of sp³-hybridized carbons (Fsp3) is 0.500. The Hall–Kier alpha value is -0.970. The highest BCUT2D eigenvalue weighted by molar-refractivity contribution is 14.0. The third-order valence-corrected chi connectivity index (χ3v) is 4.77. The highest BCUT2D eigenvalue weighted by Crippen LogP contribution is 2.35. The van der Waals surface area contributed by atoms with E-state index in [0.717, 1.165) is 31.0 Å². The number of guanidine groups is 1. The van der Waals surface area contributed by atoms with Crippen LogP contribution in [0.4, 0.5) is 0 Å². The van der Waals surface area contributed by atoms with Crippen molar-refractivity contribution in [2.45, 2.75) is 33.2 Å². The normalized spacial score (nSPS) is 11.2. The number of hydrogen-bond donors (Lipinski definition) is 2. The molecule has 0 aliphatic rings. The summed E-state index contributed by atoms with van der Waals surface area (Å²) in [4.78, 5) is 4.58. The molecule has 29 heavy (non-hydrogen) atoms. The number of aryl methyl sites for hydroxylation is 1. The van der Waals surface area contributed by atoms with E-state index in [1.54, 1.807) is 12.1 Å². The van der Waals surface area contributed by atoms with Crippen molar-refractivity contribution in [3.63, 3.8) is 0 Å². The summed E-state index contributed by atoms with van der Waals surface area (Å²) in [5.41, 5.74) is 0. The van der Waals surface area contributed by atoms with Crippen LogP contribution in [-0.2, 0) is 13.6 Å². The molecule has 2 aromatic rings. The molecule has 0 atom stereocenters. The summed E-state index contributed by atoms with van der Waals surface area (Å²) < 4.78 is 7.61. The Bertz CT molecular complexity index is 792. The standard InChI is InChI=1S/C18H25Cl3N6O.HI/c1-4-5-6-22-18(24-11-16-26-25-12(2)27(16)3)23-7-8-28-17-14(20)9-13(19)10-15(17)21;/h9-10H,4-8,11H2,1-3H3,(H2,22,23,24);1H. The van der Waals surface area contributed by atoms with Crippen LogP contribution in [0.15, 0.2) is 17.1 Å². The van der Waals surface area contributed by atoms with Gasteiger partial charge in [0.15, 0.2) is 17.5 Å². The van der Waals surface area contributed by atoms with E-state index < -0.39 is 0 Å². The second-order valence-corrected chi connectivity index (χ2v) is 7.39. The molecule has 0 amide bonds. The number of ether oxygens (including phenoxy) is 1. The van der Waals surface area contributed by atoms with E-state index in [4.69, 9.17) is 39.5 Å². The molecule has 0 saturated carbocycles. The highest BCUT2D eigenvalue weighted by Gasteiger charge is 2.09. The lowest BCUT2D eigenvalue weighted by Crippen LogP contribution is -2.40. The molecule has 2 N–H and O–H groups in total. The lowest BCUT2D eigenvalue weighted by atomic mass is 10.3. The largest absolute Gasteiger partial charge is 0.489 e. The third kappa shape index (κ3) is 8.35. The van der Waals surface area contributed by atoms with E-state index in [2.05, 4.69) is 32.7 Å². The fourth-order valence-corrected chi connectivity index (χ4v) is 3.21. The van der Waals surface area contributed by atoms with Crippen LogP contribution in [0.3, 0.4) is 0 Å². The quantitative estimate of drug-likeness (QED) is 0.198. The minimum absolute atomic E-state index is 0. The topological polar surface area (TPSA) is 76.4 Å². The van der Waals surface area contributed by atoms with Crippen molar-refractivity contribution >= 4 is 64.7 Å². The van der Waals surface area contributed by atoms with Gasteiger partial charge in [0, 0.05) is 18.6 Å². The minimum Gasteiger partial charge on any atom is -0.489 e. The number of unbranched alkanes of at least 4 members (excludes halogenated alkanes) is 1. The van der Waals surface area contributed by atoms with Gasteiger partial charge in [0.2, 0.25) is 0 Å². The number of rotatable bonds is 9. The molecule has 1 heterocycles. The molecule has 0 radical (unpaired) electrons. The zero-order valence-corrected chi connectivity index (χ0v) is 21.2. The molecule has 0 saturated heterocycles.